The van der Waals surface area contributed by atoms with Gasteiger partial charge in [-0.1, -0.05) is 25.6 Å². The van der Waals surface area contributed by atoms with Crippen LogP contribution < -0.4 is 5.32 Å². The van der Waals surface area contributed by atoms with Crippen molar-refractivity contribution in [2.45, 2.75) is 50.8 Å². The van der Waals surface area contributed by atoms with Gasteiger partial charge in [-0.25, -0.2) is 19.5 Å². The molecule has 0 fully saturated rings. The molecular weight excluding hydrogens is 396 g/mol. The van der Waals surface area contributed by atoms with Crippen molar-refractivity contribution in [2.75, 3.05) is 0 Å². The zero-order chi connectivity index (χ0) is 21.3. The zero-order valence-electron chi connectivity index (χ0n) is 15.7. The SMILES string of the molecule is C[C@@]1(c2cc(C#C[Si](C)(C)C)ccc2F)C[C@@H](C(F)(F)F)N=C(NC(=O)O)O1. The number of nitrogens with zero attached hydrogens (tertiary/aromatic N) is 1. The van der Waals surface area contributed by atoms with Gasteiger partial charge in [-0.05, 0) is 25.1 Å². The third-order valence-electron chi connectivity index (χ3n) is 3.89. The predicted molar refractivity (Wildman–Crippen MR) is 98.1 cm³/mol. The summed E-state index contributed by atoms with van der Waals surface area (Å²) < 4.78 is 59.7. The van der Waals surface area contributed by atoms with E-state index in [9.17, 15) is 22.4 Å². The first kappa shape index (κ1) is 21.8. The molecule has 1 heterocycles. The van der Waals surface area contributed by atoms with E-state index in [0.717, 1.165) is 6.07 Å². The first-order valence-electron chi connectivity index (χ1n) is 8.36. The lowest BCUT2D eigenvalue weighted by molar-refractivity contribution is -0.164. The van der Waals surface area contributed by atoms with E-state index in [4.69, 9.17) is 9.84 Å². The highest BCUT2D eigenvalue weighted by Crippen LogP contribution is 2.41. The Balaban J connectivity index is 2.50. The third-order valence-corrected chi connectivity index (χ3v) is 4.76. The summed E-state index contributed by atoms with van der Waals surface area (Å²) in [5.41, 5.74) is 1.59. The second kappa shape index (κ2) is 7.47. The van der Waals surface area contributed by atoms with Crippen molar-refractivity contribution in [2.24, 2.45) is 4.99 Å². The van der Waals surface area contributed by atoms with E-state index < -0.39 is 50.2 Å². The molecule has 1 aromatic rings. The number of aliphatic imine (C=N–C) groups is 1. The van der Waals surface area contributed by atoms with Crippen LogP contribution in [0.25, 0.3) is 0 Å². The molecule has 0 spiro atoms. The van der Waals surface area contributed by atoms with Crippen LogP contribution in [-0.4, -0.2) is 37.5 Å². The molecule has 0 unspecified atom stereocenters. The maximum atomic E-state index is 14.5. The van der Waals surface area contributed by atoms with Crippen LogP contribution in [0.2, 0.25) is 19.6 Å². The molecule has 1 aliphatic heterocycles. The highest BCUT2D eigenvalue weighted by atomic mass is 28.3. The van der Waals surface area contributed by atoms with Gasteiger partial charge in [0.1, 0.15) is 19.5 Å². The van der Waals surface area contributed by atoms with Crippen molar-refractivity contribution < 1.29 is 32.2 Å². The van der Waals surface area contributed by atoms with Gasteiger partial charge in [0, 0.05) is 17.5 Å². The second-order valence-electron chi connectivity index (χ2n) is 7.65. The maximum Gasteiger partial charge on any atom is 0.412 e. The van der Waals surface area contributed by atoms with E-state index in [1.54, 1.807) is 5.32 Å². The molecule has 2 rings (SSSR count). The summed E-state index contributed by atoms with van der Waals surface area (Å²) in [6.45, 7) is 7.32. The van der Waals surface area contributed by atoms with E-state index in [0.29, 0.717) is 5.56 Å². The fourth-order valence-electron chi connectivity index (χ4n) is 2.61. The fraction of sp³-hybridized carbons (Fsp3) is 0.444. The molecule has 152 valence electrons. The molecule has 2 N–H and O–H groups in total. The van der Waals surface area contributed by atoms with Crippen LogP contribution in [0, 0.1) is 17.3 Å². The highest BCUT2D eigenvalue weighted by molar-refractivity contribution is 6.83. The minimum atomic E-state index is -4.75. The van der Waals surface area contributed by atoms with Crippen molar-refractivity contribution in [3.05, 3.63) is 35.1 Å². The highest BCUT2D eigenvalue weighted by Gasteiger charge is 2.50. The van der Waals surface area contributed by atoms with Crippen molar-refractivity contribution in [1.29, 1.82) is 0 Å². The summed E-state index contributed by atoms with van der Waals surface area (Å²) >= 11 is 0. The largest absolute Gasteiger partial charge is 0.465 e. The molecule has 0 aromatic heterocycles. The van der Waals surface area contributed by atoms with Crippen LogP contribution in [0.15, 0.2) is 23.2 Å². The molecule has 28 heavy (non-hydrogen) atoms. The lowest BCUT2D eigenvalue weighted by atomic mass is 9.86. The van der Waals surface area contributed by atoms with Crippen molar-refractivity contribution in [1.82, 2.24) is 5.32 Å². The molecule has 0 saturated carbocycles. The number of carboxylic acid groups (broad SMARTS) is 1. The normalized spacial score (nSPS) is 22.4. The molecule has 0 aliphatic carbocycles. The van der Waals surface area contributed by atoms with Gasteiger partial charge in [0.2, 0.25) is 0 Å². The van der Waals surface area contributed by atoms with Gasteiger partial charge in [-0.2, -0.15) is 13.2 Å². The van der Waals surface area contributed by atoms with Crippen LogP contribution in [0.4, 0.5) is 22.4 Å². The number of ether oxygens (including phenoxy) is 1. The fourth-order valence-corrected chi connectivity index (χ4v) is 3.13. The van der Waals surface area contributed by atoms with Gasteiger partial charge in [0.25, 0.3) is 6.02 Å². The van der Waals surface area contributed by atoms with E-state index in [1.165, 1.54) is 19.1 Å². The summed E-state index contributed by atoms with van der Waals surface area (Å²) in [6.07, 6.45) is -7.09. The number of amidine groups is 1. The lowest BCUT2D eigenvalue weighted by Gasteiger charge is -2.38. The number of alkyl halides is 3. The van der Waals surface area contributed by atoms with Crippen molar-refractivity contribution >= 4 is 20.2 Å². The standard InChI is InChI=1S/C18H20F4N2O3Si/c1-17(10-14(18(20,21)22)23-15(27-17)24-16(25)26)12-9-11(5-6-13(12)19)7-8-28(2,3)4/h5-6,9,14H,10H2,1-4H3,(H,23,24)(H,25,26)/t14-,17-/m0/s1. The maximum absolute atomic E-state index is 14.5. The average molecular weight is 416 g/mol. The lowest BCUT2D eigenvalue weighted by Crippen LogP contribution is -2.48. The number of hydrogen-bond acceptors (Lipinski definition) is 3. The minimum Gasteiger partial charge on any atom is -0.465 e. The Morgan fingerprint density at radius 1 is 1.39 bits per heavy atom. The van der Waals surface area contributed by atoms with Crippen LogP contribution in [0.1, 0.15) is 24.5 Å². The summed E-state index contributed by atoms with van der Waals surface area (Å²) in [5, 5.41) is 10.5. The Labute approximate surface area is 160 Å². The number of carbonyl (C=O) groups is 1. The number of halogens is 4. The molecule has 0 bridgehead atoms. The molecule has 0 radical (unpaired) electrons. The molecule has 2 atom stereocenters. The quantitative estimate of drug-likeness (QED) is 0.409. The third kappa shape index (κ3) is 5.48. The zero-order valence-corrected chi connectivity index (χ0v) is 16.7. The number of rotatable bonds is 1. The van der Waals surface area contributed by atoms with Crippen molar-refractivity contribution in [3.63, 3.8) is 0 Å². The van der Waals surface area contributed by atoms with Crippen LogP contribution in [0.5, 0.6) is 0 Å². The molecular formula is C18H20F4N2O3Si. The number of hydrogen-bond donors (Lipinski definition) is 2. The Bertz CT molecular complexity index is 868. The summed E-state index contributed by atoms with van der Waals surface area (Å²) in [4.78, 5) is 14.1. The van der Waals surface area contributed by atoms with Gasteiger partial charge in [0.15, 0.2) is 6.04 Å². The Hall–Kier alpha value is -2.54. The smallest absolute Gasteiger partial charge is 0.412 e. The average Bonchev–Trinajstić information content (AvgIpc) is 2.51. The molecule has 5 nitrogen and oxygen atoms in total. The molecule has 0 saturated heterocycles. The van der Waals surface area contributed by atoms with E-state index in [-0.39, 0.29) is 5.56 Å². The van der Waals surface area contributed by atoms with E-state index in [2.05, 4.69) is 16.5 Å². The first-order chi connectivity index (χ1) is 12.7. The summed E-state index contributed by atoms with van der Waals surface area (Å²) in [6, 6.07) is 0.797. The number of amides is 1. The first-order valence-corrected chi connectivity index (χ1v) is 11.9. The Morgan fingerprint density at radius 3 is 2.57 bits per heavy atom. The van der Waals surface area contributed by atoms with Crippen LogP contribution >= 0.6 is 0 Å². The van der Waals surface area contributed by atoms with Gasteiger partial charge in [-0.15, -0.1) is 5.54 Å². The van der Waals surface area contributed by atoms with Gasteiger partial charge < -0.3 is 9.84 Å². The van der Waals surface area contributed by atoms with E-state index in [1.807, 2.05) is 19.6 Å². The monoisotopic (exact) mass is 416 g/mol. The molecule has 10 heteroatoms. The van der Waals surface area contributed by atoms with E-state index >= 15 is 0 Å². The van der Waals surface area contributed by atoms with Crippen LogP contribution in [-0.2, 0) is 10.3 Å². The van der Waals surface area contributed by atoms with Gasteiger partial charge in [0.05, 0.1) is 0 Å². The summed E-state index contributed by atoms with van der Waals surface area (Å²) in [7, 11) is -1.72. The topological polar surface area (TPSA) is 70.9 Å². The molecule has 1 amide bonds. The molecule has 1 aromatic carbocycles. The Kier molecular flexibility index (Phi) is 5.80. The van der Waals surface area contributed by atoms with Crippen molar-refractivity contribution in [3.8, 4) is 11.5 Å². The number of nitrogens with one attached hydrogen (secondary N) is 1. The summed E-state index contributed by atoms with van der Waals surface area (Å²) in [5.74, 6) is 2.14. The second-order valence-corrected chi connectivity index (χ2v) is 12.4. The van der Waals surface area contributed by atoms with Gasteiger partial charge >= 0.3 is 12.3 Å². The minimum absolute atomic E-state index is 0.149. The number of benzene rings is 1. The Morgan fingerprint density at radius 2 is 2.04 bits per heavy atom. The van der Waals surface area contributed by atoms with Crippen LogP contribution in [0.3, 0.4) is 0 Å². The predicted octanol–water partition coefficient (Wildman–Crippen LogP) is 4.24. The van der Waals surface area contributed by atoms with Gasteiger partial charge in [-0.3, -0.25) is 0 Å². The molecule has 1 aliphatic rings.